The van der Waals surface area contributed by atoms with E-state index in [1.807, 2.05) is 6.92 Å². The van der Waals surface area contributed by atoms with Crippen LogP contribution in [0.2, 0.25) is 0 Å². The van der Waals surface area contributed by atoms with Crippen molar-refractivity contribution in [3.8, 4) is 0 Å². The highest BCUT2D eigenvalue weighted by Crippen LogP contribution is 2.06. The van der Waals surface area contributed by atoms with Crippen LogP contribution in [0.5, 0.6) is 0 Å². The molecule has 4 heteroatoms. The summed E-state index contributed by atoms with van der Waals surface area (Å²) in [6.07, 6.45) is 2.39. The molecule has 0 saturated heterocycles. The van der Waals surface area contributed by atoms with Crippen LogP contribution in [0, 0.1) is 5.92 Å². The van der Waals surface area contributed by atoms with Crippen molar-refractivity contribution in [1.82, 2.24) is 10.6 Å². The molecule has 0 radical (unpaired) electrons. The van der Waals surface area contributed by atoms with Gasteiger partial charge in [-0.05, 0) is 25.8 Å². The Kier molecular flexibility index (Phi) is 8.33. The molecule has 0 aromatic heterocycles. The molecule has 0 rings (SSSR count). The molecular weight excluding hydrogens is 192 g/mol. The molecule has 2 unspecified atom stereocenters. The molecule has 0 bridgehead atoms. The summed E-state index contributed by atoms with van der Waals surface area (Å²) in [6, 6.07) is 0.192. The Morgan fingerprint density at radius 2 is 2.13 bits per heavy atom. The number of hydrogen-bond donors (Lipinski definition) is 3. The molecule has 0 aliphatic rings. The van der Waals surface area contributed by atoms with Crippen LogP contribution in [-0.2, 0) is 4.79 Å². The lowest BCUT2D eigenvalue weighted by molar-refractivity contribution is -0.121. The lowest BCUT2D eigenvalue weighted by Gasteiger charge is -2.18. The highest BCUT2D eigenvalue weighted by Gasteiger charge is 2.10. The Bertz CT molecular complexity index is 174. The highest BCUT2D eigenvalue weighted by molar-refractivity contribution is 5.76. The van der Waals surface area contributed by atoms with E-state index in [2.05, 4.69) is 17.6 Å². The molecule has 0 saturated carbocycles. The van der Waals surface area contributed by atoms with Crippen LogP contribution in [0.3, 0.4) is 0 Å². The minimum atomic E-state index is 0.0604. The van der Waals surface area contributed by atoms with E-state index in [0.717, 1.165) is 19.4 Å². The number of amides is 1. The van der Waals surface area contributed by atoms with Gasteiger partial charge in [0.15, 0.2) is 0 Å². The van der Waals surface area contributed by atoms with Gasteiger partial charge in [0.05, 0.1) is 0 Å². The number of hydrogen-bond acceptors (Lipinski definition) is 3. The van der Waals surface area contributed by atoms with E-state index in [1.165, 1.54) is 0 Å². The fourth-order valence-corrected chi connectivity index (χ4v) is 1.45. The monoisotopic (exact) mass is 216 g/mol. The van der Waals surface area contributed by atoms with Gasteiger partial charge >= 0.3 is 0 Å². The van der Waals surface area contributed by atoms with Crippen LogP contribution >= 0.6 is 0 Å². The molecule has 0 aromatic carbocycles. The van der Waals surface area contributed by atoms with E-state index >= 15 is 0 Å². The summed E-state index contributed by atoms with van der Waals surface area (Å²) in [7, 11) is 1.65. The van der Waals surface area contributed by atoms with Crippen molar-refractivity contribution in [2.45, 2.75) is 39.2 Å². The average molecular weight is 216 g/mol. The van der Waals surface area contributed by atoms with E-state index in [-0.39, 0.29) is 18.6 Å². The molecule has 0 spiro atoms. The third-order valence-electron chi connectivity index (χ3n) is 2.64. The minimum absolute atomic E-state index is 0.0604. The first-order valence-corrected chi connectivity index (χ1v) is 5.68. The van der Waals surface area contributed by atoms with Gasteiger partial charge in [0, 0.05) is 26.1 Å². The van der Waals surface area contributed by atoms with Gasteiger partial charge in [0.25, 0.3) is 0 Å². The van der Waals surface area contributed by atoms with Crippen molar-refractivity contribution in [2.24, 2.45) is 5.92 Å². The van der Waals surface area contributed by atoms with Crippen LogP contribution in [0.25, 0.3) is 0 Å². The molecule has 0 heterocycles. The molecule has 15 heavy (non-hydrogen) atoms. The fraction of sp³-hybridized carbons (Fsp3) is 0.909. The molecule has 0 aliphatic carbocycles. The predicted molar refractivity (Wildman–Crippen MR) is 61.6 cm³/mol. The normalized spacial score (nSPS) is 14.7. The van der Waals surface area contributed by atoms with Crippen LogP contribution in [0.1, 0.15) is 33.1 Å². The molecular formula is C11H24N2O2. The molecule has 0 aromatic rings. The van der Waals surface area contributed by atoms with Gasteiger partial charge < -0.3 is 15.7 Å². The standard InChI is InChI=1S/C11H24N2O2/c1-4-10(5-6-14)8-13-9(2)7-11(15)12-3/h9-10,13-14H,4-8H2,1-3H3,(H,12,15). The quantitative estimate of drug-likeness (QED) is 0.554. The van der Waals surface area contributed by atoms with E-state index in [9.17, 15) is 4.79 Å². The summed E-state index contributed by atoms with van der Waals surface area (Å²) in [5.41, 5.74) is 0. The number of aliphatic hydroxyl groups excluding tert-OH is 1. The molecule has 2 atom stereocenters. The number of carbonyl (C=O) groups excluding carboxylic acids is 1. The molecule has 0 aliphatic heterocycles. The SMILES string of the molecule is CCC(CCO)CNC(C)CC(=O)NC. The van der Waals surface area contributed by atoms with Crippen molar-refractivity contribution in [3.63, 3.8) is 0 Å². The zero-order chi connectivity index (χ0) is 11.7. The van der Waals surface area contributed by atoms with Crippen molar-refractivity contribution in [2.75, 3.05) is 20.2 Å². The lowest BCUT2D eigenvalue weighted by Crippen LogP contribution is -2.35. The van der Waals surface area contributed by atoms with Gasteiger partial charge in [-0.3, -0.25) is 4.79 Å². The second kappa shape index (κ2) is 8.68. The summed E-state index contributed by atoms with van der Waals surface area (Å²) in [6.45, 7) is 5.23. The van der Waals surface area contributed by atoms with Gasteiger partial charge in [0.2, 0.25) is 5.91 Å². The van der Waals surface area contributed by atoms with E-state index in [4.69, 9.17) is 5.11 Å². The Labute approximate surface area is 92.4 Å². The second-order valence-electron chi connectivity index (χ2n) is 3.97. The van der Waals surface area contributed by atoms with Crippen LogP contribution in [0.15, 0.2) is 0 Å². The molecule has 0 fully saturated rings. The zero-order valence-electron chi connectivity index (χ0n) is 10.0. The summed E-state index contributed by atoms with van der Waals surface area (Å²) < 4.78 is 0. The molecule has 3 N–H and O–H groups in total. The first-order chi connectivity index (χ1) is 7.13. The smallest absolute Gasteiger partial charge is 0.221 e. The largest absolute Gasteiger partial charge is 0.396 e. The van der Waals surface area contributed by atoms with Crippen molar-refractivity contribution in [3.05, 3.63) is 0 Å². The van der Waals surface area contributed by atoms with Crippen molar-refractivity contribution < 1.29 is 9.90 Å². The number of carbonyl (C=O) groups is 1. The summed E-state index contributed by atoms with van der Waals surface area (Å²) in [5.74, 6) is 0.562. The van der Waals surface area contributed by atoms with Crippen LogP contribution in [0.4, 0.5) is 0 Å². The Balaban J connectivity index is 3.67. The van der Waals surface area contributed by atoms with Crippen molar-refractivity contribution >= 4 is 5.91 Å². The third kappa shape index (κ3) is 7.33. The van der Waals surface area contributed by atoms with E-state index < -0.39 is 0 Å². The summed E-state index contributed by atoms with van der Waals surface area (Å²) in [4.78, 5) is 11.1. The van der Waals surface area contributed by atoms with Gasteiger partial charge in [0.1, 0.15) is 0 Å². The Morgan fingerprint density at radius 3 is 2.60 bits per heavy atom. The maximum absolute atomic E-state index is 11.1. The first kappa shape index (κ1) is 14.4. The third-order valence-corrected chi connectivity index (χ3v) is 2.64. The highest BCUT2D eigenvalue weighted by atomic mass is 16.3. The number of aliphatic hydroxyl groups is 1. The molecule has 4 nitrogen and oxygen atoms in total. The topological polar surface area (TPSA) is 61.4 Å². The second-order valence-corrected chi connectivity index (χ2v) is 3.97. The van der Waals surface area contributed by atoms with Gasteiger partial charge in [-0.1, -0.05) is 13.3 Å². The predicted octanol–water partition coefficient (Wildman–Crippen LogP) is 0.509. The van der Waals surface area contributed by atoms with E-state index in [0.29, 0.717) is 12.3 Å². The maximum atomic E-state index is 11.1. The zero-order valence-corrected chi connectivity index (χ0v) is 10.0. The Morgan fingerprint density at radius 1 is 1.47 bits per heavy atom. The molecule has 90 valence electrons. The van der Waals surface area contributed by atoms with Gasteiger partial charge in [-0.25, -0.2) is 0 Å². The number of rotatable bonds is 8. The molecule has 1 amide bonds. The minimum Gasteiger partial charge on any atom is -0.396 e. The Hall–Kier alpha value is -0.610. The summed E-state index contributed by atoms with van der Waals surface area (Å²) >= 11 is 0. The van der Waals surface area contributed by atoms with Crippen LogP contribution in [-0.4, -0.2) is 37.3 Å². The number of nitrogens with one attached hydrogen (secondary N) is 2. The van der Waals surface area contributed by atoms with Crippen molar-refractivity contribution in [1.29, 1.82) is 0 Å². The van der Waals surface area contributed by atoms with Gasteiger partial charge in [-0.2, -0.15) is 0 Å². The maximum Gasteiger partial charge on any atom is 0.221 e. The first-order valence-electron chi connectivity index (χ1n) is 5.68. The van der Waals surface area contributed by atoms with Crippen LogP contribution < -0.4 is 10.6 Å². The van der Waals surface area contributed by atoms with E-state index in [1.54, 1.807) is 7.05 Å². The average Bonchev–Trinajstić information content (AvgIpc) is 2.23. The van der Waals surface area contributed by atoms with Gasteiger partial charge in [-0.15, -0.1) is 0 Å². The fourth-order valence-electron chi connectivity index (χ4n) is 1.45. The lowest BCUT2D eigenvalue weighted by atomic mass is 10.0. The summed E-state index contributed by atoms with van der Waals surface area (Å²) in [5, 5.41) is 14.7.